The van der Waals surface area contributed by atoms with Crippen LogP contribution in [0, 0.1) is 0 Å². The lowest BCUT2D eigenvalue weighted by Crippen LogP contribution is -2.23. The summed E-state index contributed by atoms with van der Waals surface area (Å²) in [6.45, 7) is 3.25. The van der Waals surface area contributed by atoms with Crippen LogP contribution in [0.25, 0.3) is 6.20 Å². The van der Waals surface area contributed by atoms with Gasteiger partial charge in [-0.2, -0.15) is 18.3 Å². The Kier molecular flexibility index (Phi) is 5.17. The lowest BCUT2D eigenvalue weighted by molar-refractivity contribution is -0.173. The number of halogens is 3. The van der Waals surface area contributed by atoms with Gasteiger partial charge >= 0.3 is 6.18 Å². The fraction of sp³-hybridized carbons (Fsp3) is 0.500. The highest BCUT2D eigenvalue weighted by molar-refractivity contribution is 5.17. The molecule has 0 aliphatic carbocycles. The molecular formula is C10H14F3N3O. The average molecular weight is 249 g/mol. The first-order chi connectivity index (χ1) is 8.01. The largest absolute Gasteiger partial charge is 0.411 e. The van der Waals surface area contributed by atoms with Gasteiger partial charge in [0.2, 0.25) is 0 Å². The van der Waals surface area contributed by atoms with Crippen LogP contribution >= 0.6 is 0 Å². The number of hydrogen-bond donors (Lipinski definition) is 1. The Labute approximate surface area is 97.1 Å². The molecule has 4 nitrogen and oxygen atoms in total. The SMILES string of the molecule is C=Cn1cc(CNCCOCC(F)(F)F)cn1. The zero-order valence-corrected chi connectivity index (χ0v) is 9.20. The molecule has 1 aromatic heterocycles. The summed E-state index contributed by atoms with van der Waals surface area (Å²) in [6, 6.07) is 0. The number of aromatic nitrogens is 2. The Hall–Kier alpha value is -1.34. The second kappa shape index (κ2) is 6.41. The summed E-state index contributed by atoms with van der Waals surface area (Å²) in [5.41, 5.74) is 0.931. The Balaban J connectivity index is 2.06. The smallest absolute Gasteiger partial charge is 0.371 e. The minimum Gasteiger partial charge on any atom is -0.371 e. The zero-order valence-electron chi connectivity index (χ0n) is 9.20. The van der Waals surface area contributed by atoms with Crippen molar-refractivity contribution in [2.45, 2.75) is 12.7 Å². The van der Waals surface area contributed by atoms with Gasteiger partial charge in [-0.15, -0.1) is 0 Å². The summed E-state index contributed by atoms with van der Waals surface area (Å²) < 4.78 is 41.1. The quantitative estimate of drug-likeness (QED) is 0.747. The van der Waals surface area contributed by atoms with Crippen molar-refractivity contribution in [3.63, 3.8) is 0 Å². The van der Waals surface area contributed by atoms with Gasteiger partial charge in [0, 0.05) is 31.0 Å². The summed E-state index contributed by atoms with van der Waals surface area (Å²) in [6.07, 6.45) is 0.725. The van der Waals surface area contributed by atoms with Crippen LogP contribution in [-0.2, 0) is 11.3 Å². The summed E-state index contributed by atoms with van der Waals surface area (Å²) in [5.74, 6) is 0. The Bertz CT molecular complexity index is 349. The average Bonchev–Trinajstić information content (AvgIpc) is 2.69. The van der Waals surface area contributed by atoms with Crippen molar-refractivity contribution >= 4 is 6.20 Å². The van der Waals surface area contributed by atoms with Gasteiger partial charge in [0.1, 0.15) is 6.61 Å². The van der Waals surface area contributed by atoms with E-state index in [1.807, 2.05) is 0 Å². The van der Waals surface area contributed by atoms with Crippen molar-refractivity contribution in [1.29, 1.82) is 0 Å². The second-order valence-corrected chi connectivity index (χ2v) is 3.36. The molecule has 1 heterocycles. The molecule has 0 amide bonds. The van der Waals surface area contributed by atoms with Crippen molar-refractivity contribution in [3.05, 3.63) is 24.5 Å². The van der Waals surface area contributed by atoms with E-state index < -0.39 is 12.8 Å². The van der Waals surface area contributed by atoms with E-state index in [-0.39, 0.29) is 6.61 Å². The Morgan fingerprint density at radius 3 is 2.88 bits per heavy atom. The molecule has 0 radical (unpaired) electrons. The number of nitrogens with zero attached hydrogens (tertiary/aromatic N) is 2. The molecule has 0 aliphatic rings. The van der Waals surface area contributed by atoms with Gasteiger partial charge in [-0.05, 0) is 0 Å². The lowest BCUT2D eigenvalue weighted by Gasteiger charge is -2.07. The van der Waals surface area contributed by atoms with Crippen LogP contribution in [0.3, 0.4) is 0 Å². The fourth-order valence-corrected chi connectivity index (χ4v) is 1.13. The van der Waals surface area contributed by atoms with Gasteiger partial charge < -0.3 is 10.1 Å². The number of ether oxygens (including phenoxy) is 1. The highest BCUT2D eigenvalue weighted by Crippen LogP contribution is 2.13. The van der Waals surface area contributed by atoms with E-state index in [0.717, 1.165) is 5.56 Å². The summed E-state index contributed by atoms with van der Waals surface area (Å²) in [7, 11) is 0. The summed E-state index contributed by atoms with van der Waals surface area (Å²) >= 11 is 0. The monoisotopic (exact) mass is 249 g/mol. The first-order valence-electron chi connectivity index (χ1n) is 5.02. The third-order valence-electron chi connectivity index (χ3n) is 1.86. The number of alkyl halides is 3. The molecule has 0 spiro atoms. The van der Waals surface area contributed by atoms with Gasteiger partial charge in [0.25, 0.3) is 0 Å². The number of rotatable bonds is 7. The summed E-state index contributed by atoms with van der Waals surface area (Å²) in [5, 5.41) is 6.91. The molecule has 96 valence electrons. The van der Waals surface area contributed by atoms with Crippen molar-refractivity contribution in [1.82, 2.24) is 15.1 Å². The zero-order chi connectivity index (χ0) is 12.7. The van der Waals surface area contributed by atoms with E-state index in [1.165, 1.54) is 0 Å². The standard InChI is InChI=1S/C10H14F3N3O/c1-2-16-7-9(6-15-16)5-14-3-4-17-8-10(11,12)13/h2,6-7,14H,1,3-5,8H2. The molecule has 0 saturated heterocycles. The maximum Gasteiger partial charge on any atom is 0.411 e. The van der Waals surface area contributed by atoms with E-state index in [2.05, 4.69) is 21.7 Å². The van der Waals surface area contributed by atoms with Crippen LogP contribution in [0.4, 0.5) is 13.2 Å². The van der Waals surface area contributed by atoms with Gasteiger partial charge in [-0.3, -0.25) is 0 Å². The van der Waals surface area contributed by atoms with Crippen LogP contribution < -0.4 is 5.32 Å². The molecule has 0 fully saturated rings. The fourth-order valence-electron chi connectivity index (χ4n) is 1.13. The predicted molar refractivity (Wildman–Crippen MR) is 57.2 cm³/mol. The molecule has 17 heavy (non-hydrogen) atoms. The van der Waals surface area contributed by atoms with Gasteiger partial charge in [-0.25, -0.2) is 4.68 Å². The van der Waals surface area contributed by atoms with Crippen molar-refractivity contribution in [3.8, 4) is 0 Å². The molecule has 0 unspecified atom stereocenters. The first-order valence-corrected chi connectivity index (χ1v) is 5.02. The van der Waals surface area contributed by atoms with Crippen molar-refractivity contribution < 1.29 is 17.9 Å². The highest BCUT2D eigenvalue weighted by atomic mass is 19.4. The van der Waals surface area contributed by atoms with Crippen LogP contribution in [0.5, 0.6) is 0 Å². The predicted octanol–water partition coefficient (Wildman–Crippen LogP) is 1.65. The first kappa shape index (κ1) is 13.7. The van der Waals surface area contributed by atoms with Crippen molar-refractivity contribution in [2.75, 3.05) is 19.8 Å². The molecule has 0 aliphatic heterocycles. The number of nitrogens with one attached hydrogen (secondary N) is 1. The van der Waals surface area contributed by atoms with Gasteiger partial charge in [-0.1, -0.05) is 6.58 Å². The van der Waals surface area contributed by atoms with E-state index in [4.69, 9.17) is 0 Å². The van der Waals surface area contributed by atoms with E-state index >= 15 is 0 Å². The lowest BCUT2D eigenvalue weighted by atomic mass is 10.3. The normalized spacial score (nSPS) is 11.7. The third-order valence-corrected chi connectivity index (χ3v) is 1.86. The minimum atomic E-state index is -4.26. The van der Waals surface area contributed by atoms with Crippen LogP contribution in [0.1, 0.15) is 5.56 Å². The third kappa shape index (κ3) is 6.08. The topological polar surface area (TPSA) is 39.1 Å². The van der Waals surface area contributed by atoms with Crippen LogP contribution in [-0.4, -0.2) is 35.7 Å². The molecule has 0 aromatic carbocycles. The van der Waals surface area contributed by atoms with Gasteiger partial charge in [0.15, 0.2) is 0 Å². The minimum absolute atomic E-state index is 0.0229. The molecule has 0 atom stereocenters. The van der Waals surface area contributed by atoms with Crippen molar-refractivity contribution in [2.24, 2.45) is 0 Å². The van der Waals surface area contributed by atoms with E-state index in [0.29, 0.717) is 13.1 Å². The second-order valence-electron chi connectivity index (χ2n) is 3.36. The Morgan fingerprint density at radius 1 is 1.53 bits per heavy atom. The molecule has 1 rings (SSSR count). The van der Waals surface area contributed by atoms with E-state index in [1.54, 1.807) is 23.3 Å². The van der Waals surface area contributed by atoms with Gasteiger partial charge in [0.05, 0.1) is 12.8 Å². The highest BCUT2D eigenvalue weighted by Gasteiger charge is 2.27. The molecular weight excluding hydrogens is 235 g/mol. The van der Waals surface area contributed by atoms with Crippen LogP contribution in [0.15, 0.2) is 19.0 Å². The maximum absolute atomic E-state index is 11.7. The van der Waals surface area contributed by atoms with Crippen LogP contribution in [0.2, 0.25) is 0 Å². The van der Waals surface area contributed by atoms with E-state index in [9.17, 15) is 13.2 Å². The summed E-state index contributed by atoms with van der Waals surface area (Å²) in [4.78, 5) is 0. The number of hydrogen-bond acceptors (Lipinski definition) is 3. The molecule has 1 aromatic rings. The maximum atomic E-state index is 11.7. The Morgan fingerprint density at radius 2 is 2.29 bits per heavy atom. The molecule has 7 heteroatoms. The molecule has 0 saturated carbocycles. The molecule has 1 N–H and O–H groups in total. The molecule has 0 bridgehead atoms.